The summed E-state index contributed by atoms with van der Waals surface area (Å²) in [6, 6.07) is 3.95. The van der Waals surface area contributed by atoms with Gasteiger partial charge >= 0.3 is 0 Å². The molecule has 4 heteroatoms. The zero-order chi connectivity index (χ0) is 13.1. The van der Waals surface area contributed by atoms with Crippen molar-refractivity contribution in [1.29, 1.82) is 0 Å². The highest BCUT2D eigenvalue weighted by atomic mass is 32.2. The Hall–Kier alpha value is -0.900. The van der Waals surface area contributed by atoms with Crippen molar-refractivity contribution in [3.05, 3.63) is 24.2 Å². The monoisotopic (exact) mass is 278 g/mol. The van der Waals surface area contributed by atoms with Gasteiger partial charge in [-0.25, -0.2) is 0 Å². The number of aliphatic imine (C=N–C) groups is 1. The molecule has 2 fully saturated rings. The van der Waals surface area contributed by atoms with Crippen LogP contribution in [0.25, 0.3) is 0 Å². The fourth-order valence-corrected chi connectivity index (χ4v) is 4.44. The number of hydrogen-bond acceptors (Lipinski definition) is 3. The minimum Gasteiger partial charge on any atom is -0.469 e. The Kier molecular flexibility index (Phi) is 3.87. The summed E-state index contributed by atoms with van der Waals surface area (Å²) in [5.74, 6) is 3.06. The molecule has 1 saturated carbocycles. The van der Waals surface area contributed by atoms with Crippen LogP contribution >= 0.6 is 11.8 Å². The maximum atomic E-state index is 5.33. The molecule has 19 heavy (non-hydrogen) atoms. The van der Waals surface area contributed by atoms with Crippen molar-refractivity contribution in [2.45, 2.75) is 44.6 Å². The minimum absolute atomic E-state index is 0.339. The van der Waals surface area contributed by atoms with Crippen LogP contribution in [0.3, 0.4) is 0 Å². The lowest BCUT2D eigenvalue weighted by molar-refractivity contribution is 0.242. The molecule has 1 spiro atoms. The summed E-state index contributed by atoms with van der Waals surface area (Å²) in [5.41, 5.74) is 0.339. The number of rotatable bonds is 3. The second-order valence-electron chi connectivity index (χ2n) is 5.91. The normalized spacial score (nSPS) is 32.9. The lowest BCUT2D eigenvalue weighted by atomic mass is 9.78. The highest BCUT2D eigenvalue weighted by Gasteiger charge is 2.40. The van der Waals surface area contributed by atoms with Crippen LogP contribution in [0.4, 0.5) is 0 Å². The van der Waals surface area contributed by atoms with E-state index in [2.05, 4.69) is 17.2 Å². The molecule has 2 aliphatic rings. The summed E-state index contributed by atoms with van der Waals surface area (Å²) in [4.78, 5) is 4.68. The van der Waals surface area contributed by atoms with E-state index in [-0.39, 0.29) is 0 Å². The molecule has 0 amide bonds. The number of nitrogens with one attached hydrogen (secondary N) is 1. The first-order valence-electron chi connectivity index (χ1n) is 7.24. The zero-order valence-electron chi connectivity index (χ0n) is 11.5. The smallest absolute Gasteiger partial charge is 0.157 e. The molecule has 1 N–H and O–H groups in total. The molecule has 1 aromatic heterocycles. The fraction of sp³-hybridized carbons (Fsp3) is 0.667. The van der Waals surface area contributed by atoms with E-state index in [4.69, 9.17) is 4.42 Å². The molecule has 2 heterocycles. The second kappa shape index (κ2) is 5.61. The van der Waals surface area contributed by atoms with E-state index in [0.717, 1.165) is 29.8 Å². The van der Waals surface area contributed by atoms with Crippen molar-refractivity contribution in [3.8, 4) is 0 Å². The summed E-state index contributed by atoms with van der Waals surface area (Å²) < 4.78 is 5.33. The van der Waals surface area contributed by atoms with Gasteiger partial charge in [0.1, 0.15) is 5.76 Å². The van der Waals surface area contributed by atoms with E-state index in [0.29, 0.717) is 5.54 Å². The minimum atomic E-state index is 0.339. The number of hydrogen-bond donors (Lipinski definition) is 1. The number of thioether (sulfide) groups is 1. The SMILES string of the molecule is CC1CCCC2(CSC(=NCCc3ccco3)N2)C1. The van der Waals surface area contributed by atoms with Crippen molar-refractivity contribution in [1.82, 2.24) is 5.32 Å². The van der Waals surface area contributed by atoms with Crippen LogP contribution < -0.4 is 5.32 Å². The van der Waals surface area contributed by atoms with Gasteiger partial charge in [0.05, 0.1) is 6.26 Å². The van der Waals surface area contributed by atoms with E-state index >= 15 is 0 Å². The zero-order valence-corrected chi connectivity index (χ0v) is 12.3. The number of furan rings is 1. The molecule has 3 nitrogen and oxygen atoms in total. The number of nitrogens with zero attached hydrogens (tertiary/aromatic N) is 1. The molecule has 104 valence electrons. The van der Waals surface area contributed by atoms with Gasteiger partial charge in [-0.05, 0) is 30.9 Å². The summed E-state index contributed by atoms with van der Waals surface area (Å²) in [6.07, 6.45) is 7.97. The second-order valence-corrected chi connectivity index (χ2v) is 6.88. The van der Waals surface area contributed by atoms with Gasteiger partial charge in [0.25, 0.3) is 0 Å². The number of amidine groups is 1. The first-order valence-corrected chi connectivity index (χ1v) is 8.22. The molecule has 1 aromatic rings. The summed E-state index contributed by atoms with van der Waals surface area (Å²) in [7, 11) is 0. The highest BCUT2D eigenvalue weighted by Crippen LogP contribution is 2.38. The summed E-state index contributed by atoms with van der Waals surface area (Å²) in [5, 5.41) is 4.84. The van der Waals surface area contributed by atoms with Crippen molar-refractivity contribution >= 4 is 16.9 Å². The van der Waals surface area contributed by atoms with Crippen LogP contribution in [0, 0.1) is 5.92 Å². The standard InChI is InChI=1S/C15H22N2OS/c1-12-4-2-7-15(10-12)11-19-14(17-15)16-8-6-13-5-3-9-18-13/h3,5,9,12H,2,4,6-8,10-11H2,1H3,(H,16,17). The molecule has 0 radical (unpaired) electrons. The quantitative estimate of drug-likeness (QED) is 0.920. The first kappa shape index (κ1) is 13.1. The molecule has 1 aliphatic carbocycles. The fourth-order valence-electron chi connectivity index (χ4n) is 3.22. The van der Waals surface area contributed by atoms with Gasteiger partial charge in [-0.15, -0.1) is 0 Å². The highest BCUT2D eigenvalue weighted by molar-refractivity contribution is 8.14. The van der Waals surface area contributed by atoms with Gasteiger partial charge in [-0.2, -0.15) is 0 Å². The third-order valence-electron chi connectivity index (χ3n) is 4.14. The molecule has 0 aromatic carbocycles. The van der Waals surface area contributed by atoms with Crippen LogP contribution in [-0.2, 0) is 6.42 Å². The van der Waals surface area contributed by atoms with Crippen LogP contribution in [0.2, 0.25) is 0 Å². The van der Waals surface area contributed by atoms with E-state index in [1.807, 2.05) is 23.9 Å². The van der Waals surface area contributed by atoms with Crippen LogP contribution in [0.1, 0.15) is 38.4 Å². The molecule has 0 bridgehead atoms. The predicted molar refractivity (Wildman–Crippen MR) is 80.7 cm³/mol. The van der Waals surface area contributed by atoms with Crippen molar-refractivity contribution in [3.63, 3.8) is 0 Å². The Balaban J connectivity index is 1.53. The average Bonchev–Trinajstić information content (AvgIpc) is 3.00. The summed E-state index contributed by atoms with van der Waals surface area (Å²) in [6.45, 7) is 3.19. The third kappa shape index (κ3) is 3.16. The third-order valence-corrected chi connectivity index (χ3v) is 5.34. The van der Waals surface area contributed by atoms with Crippen LogP contribution in [-0.4, -0.2) is 23.0 Å². The van der Waals surface area contributed by atoms with Crippen LogP contribution in [0.15, 0.2) is 27.8 Å². The predicted octanol–water partition coefficient (Wildman–Crippen LogP) is 3.46. The van der Waals surface area contributed by atoms with Crippen molar-refractivity contribution < 1.29 is 4.42 Å². The Labute approximate surface area is 119 Å². The van der Waals surface area contributed by atoms with E-state index in [1.165, 1.54) is 31.4 Å². The molecule has 2 unspecified atom stereocenters. The molecule has 3 rings (SSSR count). The van der Waals surface area contributed by atoms with Gasteiger partial charge in [0.15, 0.2) is 5.17 Å². The lowest BCUT2D eigenvalue weighted by Crippen LogP contribution is -2.47. The van der Waals surface area contributed by atoms with Gasteiger partial charge in [-0.1, -0.05) is 31.5 Å². The van der Waals surface area contributed by atoms with Crippen molar-refractivity contribution in [2.75, 3.05) is 12.3 Å². The maximum absolute atomic E-state index is 5.33. The van der Waals surface area contributed by atoms with Gasteiger partial charge in [0, 0.05) is 24.3 Å². The van der Waals surface area contributed by atoms with Gasteiger partial charge < -0.3 is 9.73 Å². The Morgan fingerprint density at radius 3 is 3.32 bits per heavy atom. The summed E-state index contributed by atoms with van der Waals surface area (Å²) >= 11 is 1.90. The lowest BCUT2D eigenvalue weighted by Gasteiger charge is -2.36. The van der Waals surface area contributed by atoms with E-state index in [9.17, 15) is 0 Å². The first-order chi connectivity index (χ1) is 9.26. The largest absolute Gasteiger partial charge is 0.469 e. The van der Waals surface area contributed by atoms with Crippen LogP contribution in [0.5, 0.6) is 0 Å². The van der Waals surface area contributed by atoms with Gasteiger partial charge in [-0.3, -0.25) is 4.99 Å². The Morgan fingerprint density at radius 1 is 1.58 bits per heavy atom. The molecule has 1 saturated heterocycles. The molecular formula is C15H22N2OS. The topological polar surface area (TPSA) is 37.5 Å². The van der Waals surface area contributed by atoms with Crippen molar-refractivity contribution in [2.24, 2.45) is 10.9 Å². The van der Waals surface area contributed by atoms with E-state index in [1.54, 1.807) is 6.26 Å². The molecular weight excluding hydrogens is 256 g/mol. The van der Waals surface area contributed by atoms with Gasteiger partial charge in [0.2, 0.25) is 0 Å². The molecule has 2 atom stereocenters. The Bertz CT molecular complexity index is 443. The molecule has 1 aliphatic heterocycles. The van der Waals surface area contributed by atoms with E-state index < -0.39 is 0 Å². The Morgan fingerprint density at radius 2 is 2.53 bits per heavy atom. The maximum Gasteiger partial charge on any atom is 0.157 e. The average molecular weight is 278 g/mol.